The quantitative estimate of drug-likeness (QED) is 0.0195. The first-order valence-electron chi connectivity index (χ1n) is 30.3. The van der Waals surface area contributed by atoms with Gasteiger partial charge in [-0.05, 0) is 89.9 Å². The Morgan fingerprint density at radius 2 is 0.770 bits per heavy atom. The molecule has 0 aliphatic rings. The second-order valence-corrected chi connectivity index (χ2v) is 22.7. The van der Waals surface area contributed by atoms with Crippen LogP contribution < -0.4 is 4.89 Å². The van der Waals surface area contributed by atoms with Gasteiger partial charge in [0.2, 0.25) is 0 Å². The number of carbonyl (C=O) groups is 2. The summed E-state index contributed by atoms with van der Waals surface area (Å²) in [4.78, 5) is 37.9. The number of hydrogen-bond donors (Lipinski definition) is 0. The normalized spacial score (nSPS) is 13.9. The largest absolute Gasteiger partial charge is 0.756 e. The first-order valence-corrected chi connectivity index (χ1v) is 31.8. The van der Waals surface area contributed by atoms with E-state index in [-0.39, 0.29) is 26.1 Å². The maximum Gasteiger partial charge on any atom is 0.306 e. The van der Waals surface area contributed by atoms with Crippen LogP contribution in [0.3, 0.4) is 0 Å². The number of ether oxygens (including phenoxy) is 2. The molecule has 10 heteroatoms. The fourth-order valence-corrected chi connectivity index (χ4v) is 8.97. The zero-order chi connectivity index (χ0) is 54.2. The first kappa shape index (κ1) is 71.2. The van der Waals surface area contributed by atoms with E-state index in [4.69, 9.17) is 18.5 Å². The van der Waals surface area contributed by atoms with Crippen molar-refractivity contribution in [1.29, 1.82) is 0 Å². The Morgan fingerprint density at radius 3 is 1.19 bits per heavy atom. The monoisotopic (exact) mass is 1060 g/mol. The number of quaternary nitrogens is 1. The fourth-order valence-electron chi connectivity index (χ4n) is 8.24. The molecule has 9 nitrogen and oxygen atoms in total. The van der Waals surface area contributed by atoms with E-state index in [0.717, 1.165) is 70.6 Å². The van der Waals surface area contributed by atoms with Gasteiger partial charge in [-0.15, -0.1) is 0 Å². The fraction of sp³-hybridized carbons (Fsp3) is 0.750. The molecular weight excluding hydrogens is 942 g/mol. The molecule has 0 saturated heterocycles. The molecule has 0 aromatic rings. The van der Waals surface area contributed by atoms with Crippen LogP contribution in [0.4, 0.5) is 0 Å². The summed E-state index contributed by atoms with van der Waals surface area (Å²) in [5, 5.41) is 0. The van der Waals surface area contributed by atoms with Gasteiger partial charge >= 0.3 is 11.9 Å². The van der Waals surface area contributed by atoms with Crippen molar-refractivity contribution >= 4 is 19.8 Å². The van der Waals surface area contributed by atoms with Gasteiger partial charge in [0.15, 0.2) is 6.10 Å². The van der Waals surface area contributed by atoms with Crippen LogP contribution in [-0.2, 0) is 32.7 Å². The Morgan fingerprint density at radius 1 is 0.432 bits per heavy atom. The second-order valence-electron chi connectivity index (χ2n) is 21.3. The summed E-state index contributed by atoms with van der Waals surface area (Å²) in [6, 6.07) is 0. The molecule has 0 saturated carbocycles. The topological polar surface area (TPSA) is 111 Å². The van der Waals surface area contributed by atoms with Gasteiger partial charge in [-0.25, -0.2) is 0 Å². The molecule has 0 spiro atoms. The Bertz CT molecular complexity index is 1520. The van der Waals surface area contributed by atoms with E-state index in [2.05, 4.69) is 98.9 Å². The van der Waals surface area contributed by atoms with Crippen LogP contribution in [0.1, 0.15) is 258 Å². The molecule has 0 rings (SSSR count). The minimum Gasteiger partial charge on any atom is -0.756 e. The number of allylic oxidation sites excluding steroid dienone is 14. The lowest BCUT2D eigenvalue weighted by molar-refractivity contribution is -0.870. The standard InChI is InChI=1S/C64H114NO8P/c1-6-8-10-12-14-16-18-20-22-24-26-28-29-30-31-32-33-34-35-37-38-40-42-44-46-48-50-52-54-56-63(66)70-60-62(61-72-74(68,69)71-59-58-65(3,4)5)73-64(67)57-55-53-51-49-47-45-43-41-39-36-27-25-23-21-19-17-15-13-11-9-7-2/h9,11,15,17,21,23-24,26-27,36,41,43,47,49,62H,6-8,10,12-14,16,18-20,22,25,28-35,37-40,42,44-46,48,50-61H2,1-5H3/b11-9-,17-15-,23-21-,26-24-,36-27-,43-41-,49-47-. The van der Waals surface area contributed by atoms with Gasteiger partial charge in [0, 0.05) is 12.8 Å². The summed E-state index contributed by atoms with van der Waals surface area (Å²) in [6.07, 6.45) is 73.6. The minimum absolute atomic E-state index is 0.0427. The van der Waals surface area contributed by atoms with Crippen LogP contribution in [0.5, 0.6) is 0 Å². The third-order valence-electron chi connectivity index (χ3n) is 12.9. The van der Waals surface area contributed by atoms with E-state index in [0.29, 0.717) is 17.4 Å². The molecular formula is C64H114NO8P. The van der Waals surface area contributed by atoms with Crippen molar-refractivity contribution in [3.05, 3.63) is 85.1 Å². The molecule has 0 bridgehead atoms. The molecule has 0 aliphatic heterocycles. The summed E-state index contributed by atoms with van der Waals surface area (Å²) >= 11 is 0. The van der Waals surface area contributed by atoms with Gasteiger partial charge in [-0.1, -0.05) is 240 Å². The highest BCUT2D eigenvalue weighted by Gasteiger charge is 2.21. The van der Waals surface area contributed by atoms with Gasteiger partial charge in [-0.2, -0.15) is 0 Å². The third kappa shape index (κ3) is 58.5. The summed E-state index contributed by atoms with van der Waals surface area (Å²) in [5.41, 5.74) is 0. The van der Waals surface area contributed by atoms with E-state index < -0.39 is 32.5 Å². The summed E-state index contributed by atoms with van der Waals surface area (Å²) in [5.74, 6) is -0.881. The van der Waals surface area contributed by atoms with Crippen molar-refractivity contribution in [2.75, 3.05) is 47.5 Å². The van der Waals surface area contributed by atoms with Gasteiger partial charge < -0.3 is 27.9 Å². The maximum atomic E-state index is 12.8. The molecule has 0 aliphatic carbocycles. The molecule has 428 valence electrons. The second kappa shape index (κ2) is 55.0. The Hall–Kier alpha value is -2.81. The molecule has 0 aromatic carbocycles. The first-order chi connectivity index (χ1) is 36.0. The van der Waals surface area contributed by atoms with Crippen molar-refractivity contribution in [2.24, 2.45) is 0 Å². The van der Waals surface area contributed by atoms with Crippen LogP contribution in [-0.4, -0.2) is 70.0 Å². The van der Waals surface area contributed by atoms with E-state index in [1.54, 1.807) is 0 Å². The van der Waals surface area contributed by atoms with Crippen molar-refractivity contribution in [3.8, 4) is 0 Å². The average molecular weight is 1060 g/mol. The Kier molecular flexibility index (Phi) is 52.9. The number of likely N-dealkylation sites (N-methyl/N-ethyl adjacent to an activating group) is 1. The molecule has 2 atom stereocenters. The molecule has 0 heterocycles. The summed E-state index contributed by atoms with van der Waals surface area (Å²) in [6.45, 7) is 4.09. The van der Waals surface area contributed by atoms with Crippen molar-refractivity contribution in [3.63, 3.8) is 0 Å². The highest BCUT2D eigenvalue weighted by atomic mass is 31.2. The average Bonchev–Trinajstić information content (AvgIpc) is 3.36. The Labute approximate surface area is 456 Å². The van der Waals surface area contributed by atoms with Gasteiger partial charge in [0.1, 0.15) is 19.8 Å². The number of rotatable bonds is 55. The summed E-state index contributed by atoms with van der Waals surface area (Å²) in [7, 11) is 1.13. The zero-order valence-electron chi connectivity index (χ0n) is 48.5. The minimum atomic E-state index is -4.65. The molecule has 74 heavy (non-hydrogen) atoms. The number of phosphoric acid groups is 1. The molecule has 0 fully saturated rings. The van der Waals surface area contributed by atoms with E-state index >= 15 is 0 Å². The van der Waals surface area contributed by atoms with Crippen LogP contribution in [0, 0.1) is 0 Å². The zero-order valence-corrected chi connectivity index (χ0v) is 49.4. The predicted molar refractivity (Wildman–Crippen MR) is 314 cm³/mol. The number of unbranched alkanes of at least 4 members (excludes halogenated alkanes) is 27. The highest BCUT2D eigenvalue weighted by molar-refractivity contribution is 7.45. The van der Waals surface area contributed by atoms with E-state index in [9.17, 15) is 19.0 Å². The number of esters is 2. The van der Waals surface area contributed by atoms with Crippen LogP contribution in [0.15, 0.2) is 85.1 Å². The lowest BCUT2D eigenvalue weighted by Crippen LogP contribution is -2.37. The SMILES string of the molecule is CC/C=C\C/C=C\C/C=C\C/C=C\C/C=C\C/C=C\CCCCC(=O)OC(COC(=O)CCCCCCCCCCCCCCCCCCC/C=C\CCCCCCCCCC)COP(=O)([O-])OCC[N+](C)(C)C. The molecule has 0 radical (unpaired) electrons. The predicted octanol–water partition coefficient (Wildman–Crippen LogP) is 18.4. The number of phosphoric ester groups is 1. The third-order valence-corrected chi connectivity index (χ3v) is 13.9. The van der Waals surface area contributed by atoms with E-state index in [1.807, 2.05) is 21.1 Å². The smallest absolute Gasteiger partial charge is 0.306 e. The van der Waals surface area contributed by atoms with Gasteiger partial charge in [0.05, 0.1) is 27.7 Å². The number of nitrogens with zero attached hydrogens (tertiary/aromatic N) is 1. The molecule has 0 amide bonds. The maximum absolute atomic E-state index is 12.8. The Balaban J connectivity index is 4.16. The van der Waals surface area contributed by atoms with Crippen LogP contribution in [0.25, 0.3) is 0 Å². The molecule has 2 unspecified atom stereocenters. The highest BCUT2D eigenvalue weighted by Crippen LogP contribution is 2.38. The molecule has 0 aromatic heterocycles. The lowest BCUT2D eigenvalue weighted by atomic mass is 10.0. The van der Waals surface area contributed by atoms with Crippen LogP contribution >= 0.6 is 7.82 Å². The van der Waals surface area contributed by atoms with Gasteiger partial charge in [0.25, 0.3) is 7.82 Å². The van der Waals surface area contributed by atoms with Gasteiger partial charge in [-0.3, -0.25) is 14.2 Å². The lowest BCUT2D eigenvalue weighted by Gasteiger charge is -2.28. The van der Waals surface area contributed by atoms with Crippen molar-refractivity contribution < 1.29 is 42.1 Å². The van der Waals surface area contributed by atoms with E-state index in [1.165, 1.54) is 154 Å². The van der Waals surface area contributed by atoms with Crippen molar-refractivity contribution in [2.45, 2.75) is 264 Å². The van der Waals surface area contributed by atoms with Crippen LogP contribution in [0.2, 0.25) is 0 Å². The number of carbonyl (C=O) groups excluding carboxylic acids is 2. The molecule has 0 N–H and O–H groups in total. The summed E-state index contributed by atoms with van der Waals surface area (Å²) < 4.78 is 34.1. The van der Waals surface area contributed by atoms with Crippen molar-refractivity contribution in [1.82, 2.24) is 0 Å². The number of hydrogen-bond acceptors (Lipinski definition) is 8.